The number of hydrogen-bond donors (Lipinski definition) is 2. The second-order valence-electron chi connectivity index (χ2n) is 4.74. The van der Waals surface area contributed by atoms with Crippen LogP contribution in [0.25, 0.3) is 10.1 Å². The highest BCUT2D eigenvalue weighted by atomic mass is 32.1. The van der Waals surface area contributed by atoms with Crippen LogP contribution < -0.4 is 11.1 Å². The van der Waals surface area contributed by atoms with Crippen molar-refractivity contribution in [3.8, 4) is 0 Å². The highest BCUT2D eigenvalue weighted by molar-refractivity contribution is 7.23. The molecule has 0 aliphatic heterocycles. The van der Waals surface area contributed by atoms with Crippen molar-refractivity contribution in [1.29, 1.82) is 0 Å². The lowest BCUT2D eigenvalue weighted by atomic mass is 10.1. The van der Waals surface area contributed by atoms with Crippen molar-refractivity contribution < 1.29 is 9.53 Å². The maximum atomic E-state index is 12.3. The summed E-state index contributed by atoms with van der Waals surface area (Å²) in [5, 5.41) is 4.90. The molecule has 0 atom stereocenters. The third-order valence-electron chi connectivity index (χ3n) is 3.28. The van der Waals surface area contributed by atoms with Gasteiger partial charge in [-0.05, 0) is 25.1 Å². The second kappa shape index (κ2) is 6.07. The first-order valence-electron chi connectivity index (χ1n) is 7.01. The molecular weight excluding hydrogens is 296 g/mol. The summed E-state index contributed by atoms with van der Waals surface area (Å²) in [7, 11) is 0. The molecule has 0 aliphatic rings. The fourth-order valence-corrected chi connectivity index (χ4v) is 3.38. The van der Waals surface area contributed by atoms with Crippen LogP contribution in [0.1, 0.15) is 17.3 Å². The van der Waals surface area contributed by atoms with Crippen molar-refractivity contribution in [2.45, 2.75) is 6.92 Å². The number of nitrogens with two attached hydrogens (primary N) is 1. The van der Waals surface area contributed by atoms with Crippen LogP contribution in [-0.4, -0.2) is 12.6 Å². The Bertz CT molecular complexity index is 826. The predicted molar refractivity (Wildman–Crippen MR) is 91.9 cm³/mol. The van der Waals surface area contributed by atoms with Crippen LogP contribution >= 0.6 is 11.3 Å². The maximum Gasteiger partial charge on any atom is 0.341 e. The molecule has 0 spiro atoms. The van der Waals surface area contributed by atoms with Crippen LogP contribution in [0.15, 0.2) is 48.5 Å². The number of rotatable bonds is 4. The minimum Gasteiger partial charge on any atom is -0.462 e. The van der Waals surface area contributed by atoms with Gasteiger partial charge in [0.1, 0.15) is 10.6 Å². The maximum absolute atomic E-state index is 12.3. The molecule has 0 radical (unpaired) electrons. The molecule has 3 rings (SSSR count). The van der Waals surface area contributed by atoms with Crippen LogP contribution in [0.3, 0.4) is 0 Å². The summed E-state index contributed by atoms with van der Waals surface area (Å²) in [6.07, 6.45) is 0. The van der Waals surface area contributed by atoms with E-state index in [9.17, 15) is 4.79 Å². The summed E-state index contributed by atoms with van der Waals surface area (Å²) in [5.41, 5.74) is 7.95. The summed E-state index contributed by atoms with van der Waals surface area (Å²) in [4.78, 5) is 12.3. The molecule has 4 nitrogen and oxygen atoms in total. The van der Waals surface area contributed by atoms with E-state index >= 15 is 0 Å². The molecule has 0 amide bonds. The lowest BCUT2D eigenvalue weighted by Gasteiger charge is -2.09. The summed E-state index contributed by atoms with van der Waals surface area (Å²) in [6, 6.07) is 15.3. The molecule has 22 heavy (non-hydrogen) atoms. The number of carbonyl (C=O) groups excluding carboxylic acids is 1. The molecule has 112 valence electrons. The molecule has 0 saturated carbocycles. The minimum absolute atomic E-state index is 0.322. The molecule has 0 fully saturated rings. The quantitative estimate of drug-likeness (QED) is 0.553. The van der Waals surface area contributed by atoms with Crippen molar-refractivity contribution in [2.75, 3.05) is 17.7 Å². The lowest BCUT2D eigenvalue weighted by molar-refractivity contribution is 0.0530. The average Bonchev–Trinajstić information content (AvgIpc) is 2.88. The largest absolute Gasteiger partial charge is 0.462 e. The first kappa shape index (κ1) is 14.4. The Labute approximate surface area is 132 Å². The predicted octanol–water partition coefficient (Wildman–Crippen LogP) is 4.40. The van der Waals surface area contributed by atoms with E-state index in [1.165, 1.54) is 11.3 Å². The zero-order valence-corrected chi connectivity index (χ0v) is 12.9. The zero-order chi connectivity index (χ0) is 15.5. The van der Waals surface area contributed by atoms with Gasteiger partial charge in [0.05, 0.1) is 18.0 Å². The normalized spacial score (nSPS) is 10.6. The standard InChI is InChI=1S/C17H16N2O2S/c1-2-21-17(20)15-11-7-3-6-10-14(11)22-16(15)19-13-9-5-4-8-12(13)18/h3-10,19H,2,18H2,1H3. The molecule has 3 aromatic rings. The zero-order valence-electron chi connectivity index (χ0n) is 12.1. The number of nitrogen functional groups attached to an aromatic ring is 1. The molecule has 3 N–H and O–H groups in total. The molecular formula is C17H16N2O2S. The minimum atomic E-state index is -0.322. The highest BCUT2D eigenvalue weighted by Crippen LogP contribution is 2.38. The van der Waals surface area contributed by atoms with E-state index in [0.717, 1.165) is 20.8 Å². The van der Waals surface area contributed by atoms with Gasteiger partial charge in [-0.3, -0.25) is 0 Å². The van der Waals surface area contributed by atoms with E-state index in [2.05, 4.69) is 5.32 Å². The summed E-state index contributed by atoms with van der Waals surface area (Å²) in [6.45, 7) is 2.14. The van der Waals surface area contributed by atoms with Crippen LogP contribution in [0.2, 0.25) is 0 Å². The number of hydrogen-bond acceptors (Lipinski definition) is 5. The SMILES string of the molecule is CCOC(=O)c1c(Nc2ccccc2N)sc2ccccc12. The molecule has 0 bridgehead atoms. The number of thiophene rings is 1. The van der Waals surface area contributed by atoms with E-state index in [-0.39, 0.29) is 5.97 Å². The summed E-state index contributed by atoms with van der Waals surface area (Å²) >= 11 is 1.51. The summed E-state index contributed by atoms with van der Waals surface area (Å²) in [5.74, 6) is -0.322. The fraction of sp³-hybridized carbons (Fsp3) is 0.118. The third-order valence-corrected chi connectivity index (χ3v) is 4.37. The number of esters is 1. The molecule has 5 heteroatoms. The van der Waals surface area contributed by atoms with Crippen molar-refractivity contribution in [1.82, 2.24) is 0 Å². The first-order chi connectivity index (χ1) is 10.7. The van der Waals surface area contributed by atoms with Gasteiger partial charge in [0, 0.05) is 10.1 Å². The molecule has 2 aromatic carbocycles. The third kappa shape index (κ3) is 2.63. The highest BCUT2D eigenvalue weighted by Gasteiger charge is 2.20. The van der Waals surface area contributed by atoms with Gasteiger partial charge in [-0.1, -0.05) is 30.3 Å². The molecule has 1 aromatic heterocycles. The number of ether oxygens (including phenoxy) is 1. The summed E-state index contributed by atoms with van der Waals surface area (Å²) < 4.78 is 6.23. The Balaban J connectivity index is 2.10. The van der Waals surface area contributed by atoms with Crippen molar-refractivity contribution >= 4 is 43.8 Å². The number of para-hydroxylation sites is 2. The number of carbonyl (C=O) groups is 1. The van der Waals surface area contributed by atoms with Crippen molar-refractivity contribution in [2.24, 2.45) is 0 Å². The molecule has 0 unspecified atom stereocenters. The Morgan fingerprint density at radius 3 is 2.68 bits per heavy atom. The van der Waals surface area contributed by atoms with Crippen LogP contribution in [0.4, 0.5) is 16.4 Å². The second-order valence-corrected chi connectivity index (χ2v) is 5.79. The number of nitrogens with one attached hydrogen (secondary N) is 1. The number of anilines is 3. The lowest BCUT2D eigenvalue weighted by Crippen LogP contribution is -2.06. The number of fused-ring (bicyclic) bond motifs is 1. The van der Waals surface area contributed by atoms with Gasteiger partial charge < -0.3 is 15.8 Å². The average molecular weight is 312 g/mol. The van der Waals surface area contributed by atoms with E-state index in [4.69, 9.17) is 10.5 Å². The Morgan fingerprint density at radius 1 is 1.18 bits per heavy atom. The van der Waals surface area contributed by atoms with Gasteiger partial charge in [0.15, 0.2) is 0 Å². The molecule has 1 heterocycles. The van der Waals surface area contributed by atoms with E-state index in [0.29, 0.717) is 17.9 Å². The van der Waals surface area contributed by atoms with Gasteiger partial charge in [-0.15, -0.1) is 11.3 Å². The molecule has 0 saturated heterocycles. The fourth-order valence-electron chi connectivity index (χ4n) is 2.27. The van der Waals surface area contributed by atoms with E-state index in [1.54, 1.807) is 6.92 Å². The van der Waals surface area contributed by atoms with Crippen LogP contribution in [-0.2, 0) is 4.74 Å². The van der Waals surface area contributed by atoms with Gasteiger partial charge in [-0.2, -0.15) is 0 Å². The van der Waals surface area contributed by atoms with Crippen molar-refractivity contribution in [3.63, 3.8) is 0 Å². The Hall–Kier alpha value is -2.53. The van der Waals surface area contributed by atoms with Gasteiger partial charge in [0.2, 0.25) is 0 Å². The smallest absolute Gasteiger partial charge is 0.341 e. The van der Waals surface area contributed by atoms with Crippen LogP contribution in [0.5, 0.6) is 0 Å². The molecule has 0 aliphatic carbocycles. The topological polar surface area (TPSA) is 64.3 Å². The van der Waals surface area contributed by atoms with Gasteiger partial charge >= 0.3 is 5.97 Å². The Morgan fingerprint density at radius 2 is 1.91 bits per heavy atom. The Kier molecular flexibility index (Phi) is 3.98. The first-order valence-corrected chi connectivity index (χ1v) is 7.82. The van der Waals surface area contributed by atoms with Gasteiger partial charge in [-0.25, -0.2) is 4.79 Å². The van der Waals surface area contributed by atoms with E-state index < -0.39 is 0 Å². The van der Waals surface area contributed by atoms with E-state index in [1.807, 2.05) is 48.5 Å². The number of benzene rings is 2. The van der Waals surface area contributed by atoms with Crippen LogP contribution in [0, 0.1) is 0 Å². The van der Waals surface area contributed by atoms with Crippen molar-refractivity contribution in [3.05, 3.63) is 54.1 Å². The van der Waals surface area contributed by atoms with Gasteiger partial charge in [0.25, 0.3) is 0 Å². The monoisotopic (exact) mass is 312 g/mol.